The summed E-state index contributed by atoms with van der Waals surface area (Å²) in [4.78, 5) is 3.92. The normalized spacial score (nSPS) is 9.00. The highest BCUT2D eigenvalue weighted by Gasteiger charge is 1.86. The van der Waals surface area contributed by atoms with Crippen LogP contribution in [0.25, 0.3) is 0 Å². The summed E-state index contributed by atoms with van der Waals surface area (Å²) in [5.41, 5.74) is 0. The van der Waals surface area contributed by atoms with Gasteiger partial charge in [-0.15, -0.1) is 0 Å². The van der Waals surface area contributed by atoms with Crippen LogP contribution in [0, 0.1) is 6.07 Å². The molecule has 0 aliphatic heterocycles. The Morgan fingerprint density at radius 3 is 3.22 bits per heavy atom. The van der Waals surface area contributed by atoms with Crippen LogP contribution in [0.5, 0.6) is 5.88 Å². The van der Waals surface area contributed by atoms with Crippen molar-refractivity contribution in [2.45, 2.75) is 6.92 Å². The number of hydrogen-bond donors (Lipinski definition) is 0. The molecule has 0 aliphatic rings. The zero-order chi connectivity index (χ0) is 6.53. The van der Waals surface area contributed by atoms with E-state index in [4.69, 9.17) is 4.74 Å². The van der Waals surface area contributed by atoms with Gasteiger partial charge >= 0.3 is 0 Å². The number of hydrogen-bond acceptors (Lipinski definition) is 2. The second-order valence-corrected chi connectivity index (χ2v) is 1.53. The fourth-order valence-corrected chi connectivity index (χ4v) is 0.537. The van der Waals surface area contributed by atoms with E-state index in [-0.39, 0.29) is 0 Å². The van der Waals surface area contributed by atoms with E-state index in [9.17, 15) is 0 Å². The van der Waals surface area contributed by atoms with Gasteiger partial charge in [0.25, 0.3) is 0 Å². The predicted octanol–water partition coefficient (Wildman–Crippen LogP) is 1.28. The van der Waals surface area contributed by atoms with Gasteiger partial charge in [-0.2, -0.15) is 0 Å². The molecular weight excluding hydrogens is 114 g/mol. The number of ether oxygens (including phenoxy) is 1. The van der Waals surface area contributed by atoms with Crippen LogP contribution in [0.2, 0.25) is 0 Å². The van der Waals surface area contributed by atoms with Crippen LogP contribution in [0.15, 0.2) is 18.3 Å². The van der Waals surface area contributed by atoms with Crippen LogP contribution in [-0.4, -0.2) is 11.6 Å². The number of rotatable bonds is 2. The first kappa shape index (κ1) is 6.08. The van der Waals surface area contributed by atoms with Crippen molar-refractivity contribution in [1.82, 2.24) is 4.98 Å². The van der Waals surface area contributed by atoms with Crippen LogP contribution in [0.1, 0.15) is 6.92 Å². The van der Waals surface area contributed by atoms with Crippen LogP contribution in [0.3, 0.4) is 0 Å². The van der Waals surface area contributed by atoms with Crippen molar-refractivity contribution in [2.75, 3.05) is 6.61 Å². The lowest BCUT2D eigenvalue weighted by molar-refractivity contribution is 0.327. The topological polar surface area (TPSA) is 22.1 Å². The second kappa shape index (κ2) is 3.07. The molecule has 47 valence electrons. The Kier molecular flexibility index (Phi) is 2.07. The Labute approximate surface area is 54.5 Å². The third-order valence-corrected chi connectivity index (χ3v) is 0.872. The first-order valence-electron chi connectivity index (χ1n) is 2.88. The Morgan fingerprint density at radius 2 is 2.67 bits per heavy atom. The molecule has 0 unspecified atom stereocenters. The molecule has 0 bridgehead atoms. The Balaban J connectivity index is 2.61. The molecule has 1 heterocycles. The van der Waals surface area contributed by atoms with E-state index < -0.39 is 0 Å². The van der Waals surface area contributed by atoms with Crippen molar-refractivity contribution < 1.29 is 4.74 Å². The highest BCUT2D eigenvalue weighted by Crippen LogP contribution is 2.00. The first-order valence-corrected chi connectivity index (χ1v) is 2.88. The maximum atomic E-state index is 5.06. The number of pyridine rings is 1. The van der Waals surface area contributed by atoms with Crippen LogP contribution < -0.4 is 4.74 Å². The molecule has 0 fully saturated rings. The SMILES string of the molecule is CCOc1c[c]ccn1. The largest absolute Gasteiger partial charge is 0.478 e. The number of nitrogens with zero attached hydrogens (tertiary/aromatic N) is 1. The van der Waals surface area contributed by atoms with Gasteiger partial charge in [-0.3, -0.25) is 0 Å². The fourth-order valence-electron chi connectivity index (χ4n) is 0.537. The Morgan fingerprint density at radius 1 is 1.78 bits per heavy atom. The van der Waals surface area contributed by atoms with Gasteiger partial charge < -0.3 is 4.74 Å². The van der Waals surface area contributed by atoms with Crippen molar-refractivity contribution in [3.05, 3.63) is 24.4 Å². The maximum Gasteiger partial charge on any atom is 0.213 e. The minimum absolute atomic E-state index is 0.639. The van der Waals surface area contributed by atoms with Gasteiger partial charge in [-0.25, -0.2) is 4.98 Å². The van der Waals surface area contributed by atoms with Crippen LogP contribution in [-0.2, 0) is 0 Å². The van der Waals surface area contributed by atoms with Gasteiger partial charge in [0, 0.05) is 12.3 Å². The van der Waals surface area contributed by atoms with Crippen LogP contribution in [0.4, 0.5) is 0 Å². The van der Waals surface area contributed by atoms with Crippen molar-refractivity contribution in [3.8, 4) is 5.88 Å². The van der Waals surface area contributed by atoms with Gasteiger partial charge in [-0.1, -0.05) is 0 Å². The summed E-state index contributed by atoms with van der Waals surface area (Å²) in [5.74, 6) is 0.639. The highest BCUT2D eigenvalue weighted by molar-refractivity contribution is 5.07. The summed E-state index contributed by atoms with van der Waals surface area (Å²) in [6, 6.07) is 6.31. The molecule has 2 nitrogen and oxygen atoms in total. The van der Waals surface area contributed by atoms with Gasteiger partial charge in [0.05, 0.1) is 6.61 Å². The summed E-state index contributed by atoms with van der Waals surface area (Å²) >= 11 is 0. The summed E-state index contributed by atoms with van der Waals surface area (Å²) in [6.07, 6.45) is 1.66. The zero-order valence-corrected chi connectivity index (χ0v) is 5.29. The molecule has 1 aromatic heterocycles. The highest BCUT2D eigenvalue weighted by atomic mass is 16.5. The van der Waals surface area contributed by atoms with E-state index in [2.05, 4.69) is 11.1 Å². The van der Waals surface area contributed by atoms with Crippen molar-refractivity contribution in [1.29, 1.82) is 0 Å². The summed E-state index contributed by atoms with van der Waals surface area (Å²) < 4.78 is 5.06. The Bertz CT molecular complexity index is 162. The van der Waals surface area contributed by atoms with Gasteiger partial charge in [0.1, 0.15) is 0 Å². The molecule has 0 aromatic carbocycles. The van der Waals surface area contributed by atoms with Crippen molar-refractivity contribution >= 4 is 0 Å². The summed E-state index contributed by atoms with van der Waals surface area (Å²) in [7, 11) is 0. The fraction of sp³-hybridized carbons (Fsp3) is 0.286. The van der Waals surface area contributed by atoms with E-state index >= 15 is 0 Å². The van der Waals surface area contributed by atoms with Crippen molar-refractivity contribution in [3.63, 3.8) is 0 Å². The number of aromatic nitrogens is 1. The maximum absolute atomic E-state index is 5.06. The quantitative estimate of drug-likeness (QED) is 0.589. The molecule has 0 N–H and O–H groups in total. The molecule has 1 radical (unpaired) electrons. The summed E-state index contributed by atoms with van der Waals surface area (Å²) in [6.45, 7) is 2.58. The minimum Gasteiger partial charge on any atom is -0.478 e. The van der Waals surface area contributed by atoms with E-state index in [1.54, 1.807) is 18.3 Å². The third-order valence-electron chi connectivity index (χ3n) is 0.872. The van der Waals surface area contributed by atoms with E-state index in [0.29, 0.717) is 12.5 Å². The lowest BCUT2D eigenvalue weighted by Crippen LogP contribution is -1.92. The standard InChI is InChI=1S/C7H8NO/c1-2-9-7-5-3-4-6-8-7/h4-6H,2H2,1H3. The van der Waals surface area contributed by atoms with Gasteiger partial charge in [0.2, 0.25) is 5.88 Å². The van der Waals surface area contributed by atoms with E-state index in [1.165, 1.54) is 0 Å². The molecular formula is C7H8NO. The van der Waals surface area contributed by atoms with Crippen molar-refractivity contribution in [2.24, 2.45) is 0 Å². The predicted molar refractivity (Wildman–Crippen MR) is 34.2 cm³/mol. The molecule has 0 saturated heterocycles. The molecule has 0 amide bonds. The molecule has 2 heteroatoms. The van der Waals surface area contributed by atoms with Gasteiger partial charge in [0.15, 0.2) is 0 Å². The van der Waals surface area contributed by atoms with E-state index in [1.807, 2.05) is 6.92 Å². The molecule has 0 spiro atoms. The minimum atomic E-state index is 0.639. The summed E-state index contributed by atoms with van der Waals surface area (Å²) in [5, 5.41) is 0. The molecule has 1 rings (SSSR count). The average molecular weight is 122 g/mol. The Hall–Kier alpha value is -1.05. The van der Waals surface area contributed by atoms with Gasteiger partial charge in [-0.05, 0) is 19.1 Å². The molecule has 0 saturated carbocycles. The smallest absolute Gasteiger partial charge is 0.213 e. The monoisotopic (exact) mass is 122 g/mol. The zero-order valence-electron chi connectivity index (χ0n) is 5.29. The lowest BCUT2D eigenvalue weighted by Gasteiger charge is -1.97. The first-order chi connectivity index (χ1) is 4.43. The second-order valence-electron chi connectivity index (χ2n) is 1.53. The lowest BCUT2D eigenvalue weighted by atomic mass is 10.5. The van der Waals surface area contributed by atoms with E-state index in [0.717, 1.165) is 0 Å². The third kappa shape index (κ3) is 1.72. The molecule has 0 atom stereocenters. The molecule has 0 aliphatic carbocycles. The van der Waals surface area contributed by atoms with Crippen LogP contribution >= 0.6 is 0 Å². The average Bonchev–Trinajstić information content (AvgIpc) is 1.91. The molecule has 9 heavy (non-hydrogen) atoms. The molecule has 1 aromatic rings.